The van der Waals surface area contributed by atoms with E-state index in [0.717, 1.165) is 5.56 Å². The number of nitrogens with zero attached hydrogens (tertiary/aromatic N) is 1. The second kappa shape index (κ2) is 8.41. The van der Waals surface area contributed by atoms with Crippen LogP contribution in [-0.4, -0.2) is 42.3 Å². The van der Waals surface area contributed by atoms with Gasteiger partial charge in [-0.15, -0.1) is 0 Å². The van der Waals surface area contributed by atoms with E-state index in [9.17, 15) is 9.59 Å². The highest BCUT2D eigenvalue weighted by Crippen LogP contribution is 2.07. The number of likely N-dealkylation sites (N-methyl/N-ethyl adjacent to an activating group) is 1. The summed E-state index contributed by atoms with van der Waals surface area (Å²) in [6, 6.07) is 9.25. The van der Waals surface area contributed by atoms with Gasteiger partial charge in [-0.3, -0.25) is 0 Å². The Morgan fingerprint density at radius 3 is 2.39 bits per heavy atom. The van der Waals surface area contributed by atoms with Crippen LogP contribution in [0.15, 0.2) is 30.3 Å². The summed E-state index contributed by atoms with van der Waals surface area (Å²) < 4.78 is 10.4. The molecule has 0 unspecified atom stereocenters. The fraction of sp³-hybridized carbons (Fsp3) is 0.529. The van der Waals surface area contributed by atoms with Crippen LogP contribution in [0.5, 0.6) is 0 Å². The Kier molecular flexibility index (Phi) is 6.88. The fourth-order valence-electron chi connectivity index (χ4n) is 1.68. The Bertz CT molecular complexity index is 511. The minimum Gasteiger partial charge on any atom is -0.445 e. The molecule has 0 aliphatic carbocycles. The molecule has 1 N–H and O–H groups in total. The average Bonchev–Trinajstić information content (AvgIpc) is 2.48. The number of nitrogens with one attached hydrogen (secondary N) is 1. The average molecular weight is 322 g/mol. The number of amides is 2. The van der Waals surface area contributed by atoms with Crippen LogP contribution in [0.3, 0.4) is 0 Å². The summed E-state index contributed by atoms with van der Waals surface area (Å²) in [6.45, 7) is 7.71. The number of benzene rings is 1. The van der Waals surface area contributed by atoms with Crippen molar-refractivity contribution in [3.05, 3.63) is 35.9 Å². The molecule has 1 aromatic carbocycles. The third-order valence-corrected chi connectivity index (χ3v) is 3.09. The molecule has 0 aliphatic rings. The monoisotopic (exact) mass is 322 g/mol. The SMILES string of the molecule is C[C@@H](CNC(=O)OC(C)(C)C)N(C)C(=O)OCc1ccccc1. The zero-order valence-electron chi connectivity index (χ0n) is 14.5. The fourth-order valence-corrected chi connectivity index (χ4v) is 1.68. The molecule has 0 aliphatic heterocycles. The van der Waals surface area contributed by atoms with Crippen LogP contribution in [0.4, 0.5) is 9.59 Å². The highest BCUT2D eigenvalue weighted by atomic mass is 16.6. The van der Waals surface area contributed by atoms with Crippen LogP contribution in [-0.2, 0) is 16.1 Å². The summed E-state index contributed by atoms with van der Waals surface area (Å²) in [6.07, 6.45) is -0.942. The van der Waals surface area contributed by atoms with Crippen molar-refractivity contribution in [1.82, 2.24) is 10.2 Å². The van der Waals surface area contributed by atoms with Gasteiger partial charge in [0.15, 0.2) is 0 Å². The van der Waals surface area contributed by atoms with E-state index < -0.39 is 17.8 Å². The molecule has 1 rings (SSSR count). The molecule has 6 nitrogen and oxygen atoms in total. The molecule has 0 fully saturated rings. The van der Waals surface area contributed by atoms with Gasteiger partial charge in [0.25, 0.3) is 0 Å². The summed E-state index contributed by atoms with van der Waals surface area (Å²) in [5, 5.41) is 2.64. The lowest BCUT2D eigenvalue weighted by atomic mass is 10.2. The quantitative estimate of drug-likeness (QED) is 0.904. The number of hydrogen-bond acceptors (Lipinski definition) is 4. The van der Waals surface area contributed by atoms with E-state index in [1.54, 1.807) is 27.8 Å². The number of ether oxygens (including phenoxy) is 2. The molecular formula is C17H26N2O4. The first-order valence-electron chi connectivity index (χ1n) is 7.59. The van der Waals surface area contributed by atoms with Crippen molar-refractivity contribution in [2.75, 3.05) is 13.6 Å². The van der Waals surface area contributed by atoms with Gasteiger partial charge in [-0.1, -0.05) is 30.3 Å². The predicted molar refractivity (Wildman–Crippen MR) is 88.1 cm³/mol. The maximum absolute atomic E-state index is 12.0. The molecular weight excluding hydrogens is 296 g/mol. The van der Waals surface area contributed by atoms with Crippen LogP contribution in [0.25, 0.3) is 0 Å². The van der Waals surface area contributed by atoms with Crippen molar-refractivity contribution in [2.24, 2.45) is 0 Å². The number of carbonyl (C=O) groups is 2. The second-order valence-corrected chi connectivity index (χ2v) is 6.38. The van der Waals surface area contributed by atoms with E-state index in [2.05, 4.69) is 5.32 Å². The van der Waals surface area contributed by atoms with Gasteiger partial charge in [0.05, 0.1) is 0 Å². The Labute approximate surface area is 137 Å². The van der Waals surface area contributed by atoms with Crippen molar-refractivity contribution in [3.63, 3.8) is 0 Å². The van der Waals surface area contributed by atoms with Crippen molar-refractivity contribution in [1.29, 1.82) is 0 Å². The first-order valence-corrected chi connectivity index (χ1v) is 7.59. The Hall–Kier alpha value is -2.24. The Morgan fingerprint density at radius 1 is 1.22 bits per heavy atom. The predicted octanol–water partition coefficient (Wildman–Crippen LogP) is 3.17. The Balaban J connectivity index is 2.36. The summed E-state index contributed by atoms with van der Waals surface area (Å²) in [4.78, 5) is 25.0. The van der Waals surface area contributed by atoms with Crippen molar-refractivity contribution < 1.29 is 19.1 Å². The first-order chi connectivity index (χ1) is 10.7. The van der Waals surface area contributed by atoms with Crippen LogP contribution in [0.2, 0.25) is 0 Å². The standard InChI is InChI=1S/C17H26N2O4/c1-13(11-18-15(20)23-17(2,3)4)19(5)16(21)22-12-14-9-7-6-8-10-14/h6-10,13H,11-12H2,1-5H3,(H,18,20)/t13-/m0/s1. The molecule has 1 atom stereocenters. The van der Waals surface area contributed by atoms with Gasteiger partial charge >= 0.3 is 12.2 Å². The smallest absolute Gasteiger partial charge is 0.410 e. The van der Waals surface area contributed by atoms with Gasteiger partial charge in [-0.25, -0.2) is 9.59 Å². The van der Waals surface area contributed by atoms with Gasteiger partial charge in [-0.2, -0.15) is 0 Å². The summed E-state index contributed by atoms with van der Waals surface area (Å²) in [7, 11) is 1.63. The normalized spacial score (nSPS) is 12.2. The first kappa shape index (κ1) is 18.8. The van der Waals surface area contributed by atoms with Crippen LogP contribution >= 0.6 is 0 Å². The molecule has 0 heterocycles. The number of hydrogen-bond donors (Lipinski definition) is 1. The molecule has 0 saturated carbocycles. The molecule has 0 radical (unpaired) electrons. The van der Waals surface area contributed by atoms with Gasteiger partial charge < -0.3 is 19.7 Å². The number of rotatable bonds is 5. The van der Waals surface area contributed by atoms with E-state index in [4.69, 9.17) is 9.47 Å². The lowest BCUT2D eigenvalue weighted by molar-refractivity contribution is 0.0502. The molecule has 23 heavy (non-hydrogen) atoms. The molecule has 128 valence electrons. The van der Waals surface area contributed by atoms with Gasteiger partial charge in [0, 0.05) is 19.6 Å². The summed E-state index contributed by atoms with van der Waals surface area (Å²) in [5.41, 5.74) is 0.377. The Morgan fingerprint density at radius 2 is 1.83 bits per heavy atom. The minimum atomic E-state index is -0.548. The van der Waals surface area contributed by atoms with Gasteiger partial charge in [0.2, 0.25) is 0 Å². The van der Waals surface area contributed by atoms with Crippen LogP contribution in [0.1, 0.15) is 33.3 Å². The van der Waals surface area contributed by atoms with Gasteiger partial charge in [-0.05, 0) is 33.3 Å². The third-order valence-electron chi connectivity index (χ3n) is 3.09. The minimum absolute atomic E-state index is 0.217. The molecule has 0 saturated heterocycles. The number of carbonyl (C=O) groups excluding carboxylic acids is 2. The lowest BCUT2D eigenvalue weighted by Crippen LogP contribution is -2.44. The molecule has 0 bridgehead atoms. The zero-order chi connectivity index (χ0) is 17.5. The molecule has 1 aromatic rings. The molecule has 6 heteroatoms. The topological polar surface area (TPSA) is 67.9 Å². The van der Waals surface area contributed by atoms with E-state index in [1.165, 1.54) is 4.90 Å². The highest BCUT2D eigenvalue weighted by Gasteiger charge is 2.20. The number of alkyl carbamates (subject to hydrolysis) is 1. The molecule has 2 amide bonds. The molecule has 0 spiro atoms. The maximum atomic E-state index is 12.0. The molecule has 0 aromatic heterocycles. The van der Waals surface area contributed by atoms with Crippen LogP contribution in [0, 0.1) is 0 Å². The highest BCUT2D eigenvalue weighted by molar-refractivity contribution is 5.69. The van der Waals surface area contributed by atoms with Crippen LogP contribution < -0.4 is 5.32 Å². The van der Waals surface area contributed by atoms with Gasteiger partial charge in [0.1, 0.15) is 12.2 Å². The van der Waals surface area contributed by atoms with E-state index in [1.807, 2.05) is 37.3 Å². The van der Waals surface area contributed by atoms with Crippen molar-refractivity contribution in [3.8, 4) is 0 Å². The van der Waals surface area contributed by atoms with E-state index in [-0.39, 0.29) is 19.2 Å². The van der Waals surface area contributed by atoms with Crippen molar-refractivity contribution in [2.45, 2.75) is 45.9 Å². The third kappa shape index (κ3) is 7.54. The lowest BCUT2D eigenvalue weighted by Gasteiger charge is -2.25. The van der Waals surface area contributed by atoms with E-state index in [0.29, 0.717) is 0 Å². The zero-order valence-corrected chi connectivity index (χ0v) is 14.5. The van der Waals surface area contributed by atoms with E-state index >= 15 is 0 Å². The summed E-state index contributed by atoms with van der Waals surface area (Å²) in [5.74, 6) is 0. The second-order valence-electron chi connectivity index (χ2n) is 6.38. The maximum Gasteiger partial charge on any atom is 0.410 e. The van der Waals surface area contributed by atoms with Crippen molar-refractivity contribution >= 4 is 12.2 Å². The summed E-state index contributed by atoms with van der Waals surface area (Å²) >= 11 is 0. The largest absolute Gasteiger partial charge is 0.445 e.